The average Bonchev–Trinajstić information content (AvgIpc) is 2.94. The molecule has 1 aliphatic heterocycles. The van der Waals surface area contributed by atoms with E-state index < -0.39 is 12.0 Å². The molecule has 0 radical (unpaired) electrons. The normalized spacial score (nSPS) is 18.2. The first-order valence-electron chi connectivity index (χ1n) is 6.84. The SMILES string of the molecule is CCSCc1ccc(C(=O)N2CCC[C@@H]2C(=O)O)cc1. The van der Waals surface area contributed by atoms with Crippen LogP contribution in [0.4, 0.5) is 0 Å². The molecule has 1 amide bonds. The van der Waals surface area contributed by atoms with E-state index in [-0.39, 0.29) is 5.91 Å². The minimum Gasteiger partial charge on any atom is -0.480 e. The average molecular weight is 293 g/mol. The van der Waals surface area contributed by atoms with Crippen LogP contribution in [0, 0.1) is 0 Å². The van der Waals surface area contributed by atoms with Crippen LogP contribution in [0.3, 0.4) is 0 Å². The van der Waals surface area contributed by atoms with Crippen LogP contribution in [0.5, 0.6) is 0 Å². The van der Waals surface area contributed by atoms with Crippen molar-refractivity contribution in [3.05, 3.63) is 35.4 Å². The molecule has 1 fully saturated rings. The van der Waals surface area contributed by atoms with Crippen LogP contribution in [-0.4, -0.2) is 40.2 Å². The van der Waals surface area contributed by atoms with Crippen LogP contribution < -0.4 is 0 Å². The Hall–Kier alpha value is -1.49. The molecule has 0 aromatic heterocycles. The van der Waals surface area contributed by atoms with Crippen LogP contribution in [0.2, 0.25) is 0 Å². The number of thioether (sulfide) groups is 1. The van der Waals surface area contributed by atoms with Gasteiger partial charge in [0.2, 0.25) is 0 Å². The van der Waals surface area contributed by atoms with Crippen molar-refractivity contribution >= 4 is 23.6 Å². The number of carboxylic acids is 1. The minimum atomic E-state index is -0.910. The number of nitrogens with zero attached hydrogens (tertiary/aromatic N) is 1. The minimum absolute atomic E-state index is 0.176. The number of amides is 1. The van der Waals surface area contributed by atoms with Crippen LogP contribution in [0.1, 0.15) is 35.7 Å². The maximum atomic E-state index is 12.3. The molecule has 0 unspecified atom stereocenters. The quantitative estimate of drug-likeness (QED) is 0.906. The number of carbonyl (C=O) groups excluding carboxylic acids is 1. The highest BCUT2D eigenvalue weighted by atomic mass is 32.2. The summed E-state index contributed by atoms with van der Waals surface area (Å²) in [5.74, 6) is 0.915. The number of rotatable bonds is 5. The molecule has 4 nitrogen and oxygen atoms in total. The van der Waals surface area contributed by atoms with Gasteiger partial charge >= 0.3 is 5.97 Å². The Balaban J connectivity index is 2.07. The summed E-state index contributed by atoms with van der Waals surface area (Å²) in [4.78, 5) is 24.9. The second kappa shape index (κ2) is 6.79. The monoisotopic (exact) mass is 293 g/mol. The van der Waals surface area contributed by atoms with Gasteiger partial charge in [0.1, 0.15) is 6.04 Å². The molecule has 1 aromatic carbocycles. The number of carboxylic acid groups (broad SMARTS) is 1. The summed E-state index contributed by atoms with van der Waals surface area (Å²) in [5.41, 5.74) is 1.76. The zero-order valence-corrected chi connectivity index (χ0v) is 12.4. The van der Waals surface area contributed by atoms with Crippen molar-refractivity contribution in [1.29, 1.82) is 0 Å². The highest BCUT2D eigenvalue weighted by molar-refractivity contribution is 7.98. The van der Waals surface area contributed by atoms with Gasteiger partial charge in [-0.3, -0.25) is 4.79 Å². The fourth-order valence-electron chi connectivity index (χ4n) is 2.40. The molecule has 0 bridgehead atoms. The Bertz CT molecular complexity index is 486. The summed E-state index contributed by atoms with van der Waals surface area (Å²) in [7, 11) is 0. The van der Waals surface area contributed by atoms with Gasteiger partial charge in [0, 0.05) is 17.9 Å². The topological polar surface area (TPSA) is 57.6 Å². The molecule has 5 heteroatoms. The van der Waals surface area contributed by atoms with Crippen molar-refractivity contribution in [2.75, 3.05) is 12.3 Å². The van der Waals surface area contributed by atoms with Gasteiger partial charge in [-0.1, -0.05) is 19.1 Å². The van der Waals surface area contributed by atoms with E-state index in [2.05, 4.69) is 6.92 Å². The van der Waals surface area contributed by atoms with Gasteiger partial charge < -0.3 is 10.0 Å². The number of likely N-dealkylation sites (tertiary alicyclic amines) is 1. The first-order chi connectivity index (χ1) is 9.63. The molecule has 1 aliphatic rings. The predicted molar refractivity (Wildman–Crippen MR) is 80.0 cm³/mol. The molecular weight excluding hydrogens is 274 g/mol. The molecule has 20 heavy (non-hydrogen) atoms. The van der Waals surface area contributed by atoms with Crippen LogP contribution in [0.15, 0.2) is 24.3 Å². The number of benzene rings is 1. The van der Waals surface area contributed by atoms with E-state index in [9.17, 15) is 9.59 Å². The molecule has 1 saturated heterocycles. The van der Waals surface area contributed by atoms with Crippen molar-refractivity contribution < 1.29 is 14.7 Å². The Kier molecular flexibility index (Phi) is 5.06. The van der Waals surface area contributed by atoms with Gasteiger partial charge in [-0.25, -0.2) is 4.79 Å². The highest BCUT2D eigenvalue weighted by Crippen LogP contribution is 2.21. The lowest BCUT2D eigenvalue weighted by Crippen LogP contribution is -2.40. The van der Waals surface area contributed by atoms with Crippen molar-refractivity contribution in [2.45, 2.75) is 31.6 Å². The lowest BCUT2D eigenvalue weighted by atomic mass is 10.1. The van der Waals surface area contributed by atoms with E-state index >= 15 is 0 Å². The van der Waals surface area contributed by atoms with E-state index in [1.165, 1.54) is 10.5 Å². The molecule has 2 rings (SSSR count). The molecule has 1 aromatic rings. The first kappa shape index (κ1) is 14.9. The van der Waals surface area contributed by atoms with Crippen molar-refractivity contribution in [3.8, 4) is 0 Å². The van der Waals surface area contributed by atoms with Crippen LogP contribution in [0.25, 0.3) is 0 Å². The second-order valence-corrected chi connectivity index (χ2v) is 6.10. The Morgan fingerprint density at radius 2 is 2.05 bits per heavy atom. The molecule has 0 spiro atoms. The molecular formula is C15H19NO3S. The molecule has 1 heterocycles. The van der Waals surface area contributed by atoms with Gasteiger partial charge in [-0.05, 0) is 36.3 Å². The third-order valence-electron chi connectivity index (χ3n) is 3.47. The van der Waals surface area contributed by atoms with Gasteiger partial charge in [-0.2, -0.15) is 11.8 Å². The molecule has 1 N–H and O–H groups in total. The Labute approximate surface area is 123 Å². The summed E-state index contributed by atoms with van der Waals surface area (Å²) in [6, 6.07) is 6.82. The number of hydrogen-bond donors (Lipinski definition) is 1. The van der Waals surface area contributed by atoms with Gasteiger partial charge in [0.05, 0.1) is 0 Å². The van der Waals surface area contributed by atoms with Crippen LogP contribution >= 0.6 is 11.8 Å². The first-order valence-corrected chi connectivity index (χ1v) is 7.99. The highest BCUT2D eigenvalue weighted by Gasteiger charge is 2.34. The zero-order valence-electron chi connectivity index (χ0n) is 11.5. The smallest absolute Gasteiger partial charge is 0.326 e. The fraction of sp³-hybridized carbons (Fsp3) is 0.467. The standard InChI is InChI=1S/C15H19NO3S/c1-2-20-10-11-5-7-12(8-6-11)14(17)16-9-3-4-13(16)15(18)19/h5-8,13H,2-4,9-10H2,1H3,(H,18,19)/t13-/m1/s1. The Morgan fingerprint density at radius 3 is 2.65 bits per heavy atom. The third kappa shape index (κ3) is 3.33. The molecule has 108 valence electrons. The summed E-state index contributed by atoms with van der Waals surface area (Å²) in [5, 5.41) is 9.12. The van der Waals surface area contributed by atoms with Gasteiger partial charge in [-0.15, -0.1) is 0 Å². The van der Waals surface area contributed by atoms with E-state index in [1.54, 1.807) is 12.1 Å². The van der Waals surface area contributed by atoms with E-state index in [1.807, 2.05) is 23.9 Å². The lowest BCUT2D eigenvalue weighted by Gasteiger charge is -2.21. The van der Waals surface area contributed by atoms with E-state index in [0.29, 0.717) is 18.5 Å². The fourth-order valence-corrected chi connectivity index (χ4v) is 3.03. The number of hydrogen-bond acceptors (Lipinski definition) is 3. The lowest BCUT2D eigenvalue weighted by molar-refractivity contribution is -0.141. The Morgan fingerprint density at radius 1 is 1.35 bits per heavy atom. The molecule has 1 atom stereocenters. The van der Waals surface area contributed by atoms with Gasteiger partial charge in [0.25, 0.3) is 5.91 Å². The summed E-state index contributed by atoms with van der Waals surface area (Å²) in [6.45, 7) is 2.64. The third-order valence-corrected chi connectivity index (χ3v) is 4.42. The largest absolute Gasteiger partial charge is 0.480 e. The zero-order chi connectivity index (χ0) is 14.5. The number of carbonyl (C=O) groups is 2. The van der Waals surface area contributed by atoms with Crippen molar-refractivity contribution in [3.63, 3.8) is 0 Å². The molecule has 0 saturated carbocycles. The van der Waals surface area contributed by atoms with E-state index in [4.69, 9.17) is 5.11 Å². The second-order valence-electron chi connectivity index (χ2n) is 4.83. The predicted octanol–water partition coefficient (Wildman–Crippen LogP) is 2.63. The summed E-state index contributed by atoms with van der Waals surface area (Å²) < 4.78 is 0. The van der Waals surface area contributed by atoms with Crippen molar-refractivity contribution in [2.24, 2.45) is 0 Å². The summed E-state index contributed by atoms with van der Waals surface area (Å²) >= 11 is 1.83. The molecule has 0 aliphatic carbocycles. The number of aliphatic carboxylic acids is 1. The maximum Gasteiger partial charge on any atom is 0.326 e. The van der Waals surface area contributed by atoms with Crippen molar-refractivity contribution in [1.82, 2.24) is 4.90 Å². The van der Waals surface area contributed by atoms with Crippen LogP contribution in [-0.2, 0) is 10.5 Å². The van der Waals surface area contributed by atoms with E-state index in [0.717, 1.165) is 17.9 Å². The van der Waals surface area contributed by atoms with Gasteiger partial charge in [0.15, 0.2) is 0 Å². The summed E-state index contributed by atoms with van der Waals surface area (Å²) in [6.07, 6.45) is 1.31. The maximum absolute atomic E-state index is 12.3.